The zero-order valence-corrected chi connectivity index (χ0v) is 14.0. The van der Waals surface area contributed by atoms with Gasteiger partial charge in [-0.15, -0.1) is 0 Å². The normalized spacial score (nSPS) is 19.4. The number of likely N-dealkylation sites (N-methyl/N-ethyl adjacent to an activating group) is 1. The van der Waals surface area contributed by atoms with Crippen LogP contribution < -0.4 is 10.1 Å². The van der Waals surface area contributed by atoms with Gasteiger partial charge in [-0.2, -0.15) is 0 Å². The first-order valence-electron chi connectivity index (χ1n) is 8.26. The molecule has 0 saturated carbocycles. The molecule has 2 atom stereocenters. The third-order valence-electron chi connectivity index (χ3n) is 4.86. The van der Waals surface area contributed by atoms with Crippen molar-refractivity contribution in [3.8, 4) is 5.75 Å². The van der Waals surface area contributed by atoms with Gasteiger partial charge in [0.05, 0.1) is 7.11 Å². The summed E-state index contributed by atoms with van der Waals surface area (Å²) in [6.45, 7) is 6.70. The zero-order chi connectivity index (χ0) is 15.2. The van der Waals surface area contributed by atoms with Crippen molar-refractivity contribution in [3.05, 3.63) is 29.3 Å². The first-order chi connectivity index (χ1) is 10.2. The van der Waals surface area contributed by atoms with Crippen molar-refractivity contribution in [2.45, 2.75) is 51.6 Å². The third-order valence-corrected chi connectivity index (χ3v) is 4.86. The molecule has 1 aliphatic carbocycles. The Kier molecular flexibility index (Phi) is 6.07. The maximum atomic E-state index is 5.34. The molecular formula is C18H30N2O. The molecule has 0 heterocycles. The van der Waals surface area contributed by atoms with Gasteiger partial charge in [0, 0.05) is 25.2 Å². The predicted molar refractivity (Wildman–Crippen MR) is 89.1 cm³/mol. The van der Waals surface area contributed by atoms with E-state index in [1.54, 1.807) is 7.11 Å². The Balaban J connectivity index is 1.91. The summed E-state index contributed by atoms with van der Waals surface area (Å²) >= 11 is 0. The smallest absolute Gasteiger partial charge is 0.119 e. The molecule has 1 aromatic rings. The molecule has 0 spiro atoms. The number of nitrogens with zero attached hydrogens (tertiary/aromatic N) is 1. The number of methoxy groups -OCH3 is 1. The highest BCUT2D eigenvalue weighted by molar-refractivity contribution is 5.39. The van der Waals surface area contributed by atoms with Crippen molar-refractivity contribution >= 4 is 0 Å². The molecule has 2 rings (SSSR count). The van der Waals surface area contributed by atoms with Gasteiger partial charge >= 0.3 is 0 Å². The molecule has 0 aliphatic heterocycles. The number of hydrogen-bond donors (Lipinski definition) is 1. The number of aryl methyl sites for hydroxylation is 1. The van der Waals surface area contributed by atoms with Crippen molar-refractivity contribution in [2.75, 3.05) is 27.2 Å². The molecular weight excluding hydrogens is 260 g/mol. The Bertz CT molecular complexity index is 447. The maximum absolute atomic E-state index is 5.34. The Hall–Kier alpha value is -1.06. The van der Waals surface area contributed by atoms with Crippen LogP contribution in [0.2, 0.25) is 0 Å². The lowest BCUT2D eigenvalue weighted by Crippen LogP contribution is -2.36. The van der Waals surface area contributed by atoms with E-state index in [1.165, 1.54) is 36.8 Å². The predicted octanol–water partition coefficient (Wildman–Crippen LogP) is 3.39. The first kappa shape index (κ1) is 16.3. The lowest BCUT2D eigenvalue weighted by atomic mass is 9.87. The van der Waals surface area contributed by atoms with Crippen LogP contribution in [-0.2, 0) is 6.42 Å². The molecule has 1 aromatic carbocycles. The summed E-state index contributed by atoms with van der Waals surface area (Å²) in [6, 6.07) is 7.70. The fourth-order valence-corrected chi connectivity index (χ4v) is 3.08. The molecule has 3 heteroatoms. The van der Waals surface area contributed by atoms with Crippen LogP contribution in [0.5, 0.6) is 5.75 Å². The van der Waals surface area contributed by atoms with Crippen LogP contribution >= 0.6 is 0 Å². The third kappa shape index (κ3) is 4.21. The summed E-state index contributed by atoms with van der Waals surface area (Å²) in [5.41, 5.74) is 2.92. The Morgan fingerprint density at radius 2 is 2.24 bits per heavy atom. The van der Waals surface area contributed by atoms with E-state index in [0.29, 0.717) is 12.1 Å². The van der Waals surface area contributed by atoms with Crippen LogP contribution in [0.3, 0.4) is 0 Å². The number of nitrogens with one attached hydrogen (secondary N) is 1. The van der Waals surface area contributed by atoms with E-state index >= 15 is 0 Å². The van der Waals surface area contributed by atoms with Gasteiger partial charge in [-0.25, -0.2) is 0 Å². The van der Waals surface area contributed by atoms with E-state index in [-0.39, 0.29) is 0 Å². The number of hydrogen-bond acceptors (Lipinski definition) is 3. The molecule has 1 aliphatic rings. The minimum absolute atomic E-state index is 0.505. The lowest BCUT2D eigenvalue weighted by molar-refractivity contribution is 0.246. The van der Waals surface area contributed by atoms with Gasteiger partial charge < -0.3 is 15.0 Å². The van der Waals surface area contributed by atoms with Gasteiger partial charge in [0.15, 0.2) is 0 Å². The van der Waals surface area contributed by atoms with E-state index in [4.69, 9.17) is 4.74 Å². The minimum atomic E-state index is 0.505. The van der Waals surface area contributed by atoms with Crippen LogP contribution in [-0.4, -0.2) is 38.2 Å². The second-order valence-corrected chi connectivity index (χ2v) is 6.20. The number of rotatable bonds is 7. The largest absolute Gasteiger partial charge is 0.497 e. The topological polar surface area (TPSA) is 24.5 Å². The second kappa shape index (κ2) is 7.81. The highest BCUT2D eigenvalue weighted by Crippen LogP contribution is 2.31. The summed E-state index contributed by atoms with van der Waals surface area (Å²) in [7, 11) is 3.96. The van der Waals surface area contributed by atoms with Crippen LogP contribution in [0.25, 0.3) is 0 Å². The molecule has 118 valence electrons. The summed E-state index contributed by atoms with van der Waals surface area (Å²) in [4.78, 5) is 2.44. The van der Waals surface area contributed by atoms with E-state index < -0.39 is 0 Å². The average Bonchev–Trinajstić information content (AvgIpc) is 2.53. The van der Waals surface area contributed by atoms with E-state index in [1.807, 2.05) is 0 Å². The molecule has 2 unspecified atom stereocenters. The Morgan fingerprint density at radius 1 is 1.43 bits per heavy atom. The van der Waals surface area contributed by atoms with Gasteiger partial charge in [0.1, 0.15) is 5.75 Å². The summed E-state index contributed by atoms with van der Waals surface area (Å²) < 4.78 is 5.34. The number of fused-ring (bicyclic) bond motifs is 1. The van der Waals surface area contributed by atoms with Gasteiger partial charge in [-0.3, -0.25) is 0 Å². The standard InChI is InChI=1S/C18H30N2O/c1-5-14(2)20(3)12-11-19-18-8-6-7-15-13-16(21-4)9-10-17(15)18/h9-10,13-14,18-19H,5-8,11-12H2,1-4H3. The van der Waals surface area contributed by atoms with Gasteiger partial charge in [-0.1, -0.05) is 13.0 Å². The zero-order valence-electron chi connectivity index (χ0n) is 14.0. The number of ether oxygens (including phenoxy) is 1. The van der Waals surface area contributed by atoms with Gasteiger partial charge in [0.2, 0.25) is 0 Å². The quantitative estimate of drug-likeness (QED) is 0.833. The first-order valence-corrected chi connectivity index (χ1v) is 8.26. The SMILES string of the molecule is CCC(C)N(C)CCNC1CCCc2cc(OC)ccc21. The molecule has 1 N–H and O–H groups in total. The van der Waals surface area contributed by atoms with Crippen molar-refractivity contribution < 1.29 is 4.74 Å². The molecule has 3 nitrogen and oxygen atoms in total. The summed E-state index contributed by atoms with van der Waals surface area (Å²) in [6.07, 6.45) is 4.89. The Morgan fingerprint density at radius 3 is 2.95 bits per heavy atom. The second-order valence-electron chi connectivity index (χ2n) is 6.20. The van der Waals surface area contributed by atoms with Crippen molar-refractivity contribution in [1.29, 1.82) is 0 Å². The minimum Gasteiger partial charge on any atom is -0.497 e. The van der Waals surface area contributed by atoms with Gasteiger partial charge in [0.25, 0.3) is 0 Å². The fourth-order valence-electron chi connectivity index (χ4n) is 3.08. The molecule has 0 saturated heterocycles. The average molecular weight is 290 g/mol. The molecule has 0 radical (unpaired) electrons. The molecule has 0 fully saturated rings. The molecule has 0 bridgehead atoms. The highest BCUT2D eigenvalue weighted by Gasteiger charge is 2.20. The molecule has 0 aromatic heterocycles. The van der Waals surface area contributed by atoms with Crippen LogP contribution in [0.15, 0.2) is 18.2 Å². The van der Waals surface area contributed by atoms with Crippen molar-refractivity contribution in [1.82, 2.24) is 10.2 Å². The fraction of sp³-hybridized carbons (Fsp3) is 0.667. The van der Waals surface area contributed by atoms with E-state index in [2.05, 4.69) is 49.3 Å². The van der Waals surface area contributed by atoms with Crippen LogP contribution in [0.4, 0.5) is 0 Å². The summed E-state index contributed by atoms with van der Waals surface area (Å²) in [5, 5.41) is 3.74. The number of benzene rings is 1. The summed E-state index contributed by atoms with van der Waals surface area (Å²) in [5.74, 6) is 0.978. The van der Waals surface area contributed by atoms with Crippen LogP contribution in [0, 0.1) is 0 Å². The molecule has 0 amide bonds. The van der Waals surface area contributed by atoms with E-state index in [9.17, 15) is 0 Å². The highest BCUT2D eigenvalue weighted by atomic mass is 16.5. The van der Waals surface area contributed by atoms with E-state index in [0.717, 1.165) is 18.8 Å². The van der Waals surface area contributed by atoms with Gasteiger partial charge in [-0.05, 0) is 62.9 Å². The monoisotopic (exact) mass is 290 g/mol. The maximum Gasteiger partial charge on any atom is 0.119 e. The molecule has 21 heavy (non-hydrogen) atoms. The van der Waals surface area contributed by atoms with Crippen LogP contribution in [0.1, 0.15) is 50.3 Å². The Labute approximate surface area is 129 Å². The lowest BCUT2D eigenvalue weighted by Gasteiger charge is -2.29. The van der Waals surface area contributed by atoms with Crippen molar-refractivity contribution in [3.63, 3.8) is 0 Å². The van der Waals surface area contributed by atoms with Crippen molar-refractivity contribution in [2.24, 2.45) is 0 Å².